The number of amides is 1. The summed E-state index contributed by atoms with van der Waals surface area (Å²) in [7, 11) is 1.82. The van der Waals surface area contributed by atoms with Crippen molar-refractivity contribution < 1.29 is 9.90 Å². The van der Waals surface area contributed by atoms with Crippen molar-refractivity contribution in [3.63, 3.8) is 0 Å². The molecule has 1 aliphatic rings. The number of carbonyl (C=O) groups excluding carboxylic acids is 1. The number of rotatable bonds is 5. The maximum Gasteiger partial charge on any atom is 0.228 e. The average Bonchev–Trinajstić information content (AvgIpc) is 2.70. The molecule has 0 bridgehead atoms. The van der Waals surface area contributed by atoms with Gasteiger partial charge in [0.25, 0.3) is 0 Å². The van der Waals surface area contributed by atoms with Crippen LogP contribution < -0.4 is 5.32 Å². The van der Waals surface area contributed by atoms with E-state index in [2.05, 4.69) is 17.3 Å². The van der Waals surface area contributed by atoms with Crippen LogP contribution in [0, 0.1) is 0 Å². The summed E-state index contributed by atoms with van der Waals surface area (Å²) in [5, 5.41) is 17.6. The third-order valence-electron chi connectivity index (χ3n) is 3.98. The molecular weight excluding hydrogens is 254 g/mol. The van der Waals surface area contributed by atoms with Crippen molar-refractivity contribution in [1.82, 2.24) is 9.78 Å². The summed E-state index contributed by atoms with van der Waals surface area (Å²) in [6.45, 7) is 2.10. The molecule has 2 N–H and O–H groups in total. The second-order valence-corrected chi connectivity index (χ2v) is 5.90. The number of aryl methyl sites for hydroxylation is 2. The number of hydrogen-bond donors (Lipinski definition) is 2. The minimum Gasteiger partial charge on any atom is -0.389 e. The Morgan fingerprint density at radius 3 is 2.80 bits per heavy atom. The fraction of sp³-hybridized carbons (Fsp3) is 0.733. The first kappa shape index (κ1) is 15.0. The maximum absolute atomic E-state index is 12.1. The maximum atomic E-state index is 12.1. The predicted molar refractivity (Wildman–Crippen MR) is 78.5 cm³/mol. The molecule has 1 fully saturated rings. The molecule has 5 heteroatoms. The molecule has 1 amide bonds. The lowest BCUT2D eigenvalue weighted by Gasteiger charge is -2.31. The molecule has 0 atom stereocenters. The van der Waals surface area contributed by atoms with Crippen molar-refractivity contribution in [3.05, 3.63) is 11.8 Å². The molecule has 0 spiro atoms. The van der Waals surface area contributed by atoms with Crippen molar-refractivity contribution >= 4 is 11.7 Å². The number of carbonyl (C=O) groups is 1. The van der Waals surface area contributed by atoms with Gasteiger partial charge in [0.15, 0.2) is 0 Å². The predicted octanol–water partition coefficient (Wildman–Crippen LogP) is 2.40. The highest BCUT2D eigenvalue weighted by molar-refractivity contribution is 5.90. The Kier molecular flexibility index (Phi) is 4.81. The molecule has 0 aromatic carbocycles. The van der Waals surface area contributed by atoms with E-state index in [1.807, 2.05) is 13.1 Å². The van der Waals surface area contributed by atoms with Crippen molar-refractivity contribution in [2.75, 3.05) is 5.32 Å². The van der Waals surface area contributed by atoms with Gasteiger partial charge in [-0.2, -0.15) is 5.10 Å². The van der Waals surface area contributed by atoms with Gasteiger partial charge in [-0.25, -0.2) is 0 Å². The van der Waals surface area contributed by atoms with Gasteiger partial charge in [-0.05, 0) is 19.3 Å². The molecule has 1 aromatic heterocycles. The number of nitrogens with one attached hydrogen (secondary N) is 1. The number of nitrogens with zero attached hydrogens (tertiary/aromatic N) is 2. The molecule has 1 aliphatic carbocycles. The fourth-order valence-corrected chi connectivity index (χ4v) is 2.89. The zero-order valence-electron chi connectivity index (χ0n) is 12.5. The second-order valence-electron chi connectivity index (χ2n) is 5.90. The standard InChI is InChI=1S/C15H25N3O2/c1-3-7-12-10-13(18(2)17-12)16-14(19)11-15(20)8-5-4-6-9-15/h10,20H,3-9,11H2,1-2H3,(H,16,19). The summed E-state index contributed by atoms with van der Waals surface area (Å²) in [5.74, 6) is 0.582. The molecule has 0 saturated heterocycles. The zero-order valence-corrected chi connectivity index (χ0v) is 12.5. The van der Waals surface area contributed by atoms with Gasteiger partial charge in [0.2, 0.25) is 5.91 Å². The Morgan fingerprint density at radius 2 is 2.15 bits per heavy atom. The van der Waals surface area contributed by atoms with Crippen molar-refractivity contribution in [2.24, 2.45) is 7.05 Å². The summed E-state index contributed by atoms with van der Waals surface area (Å²) >= 11 is 0. The first-order chi connectivity index (χ1) is 9.52. The van der Waals surface area contributed by atoms with Gasteiger partial charge >= 0.3 is 0 Å². The number of anilines is 1. The van der Waals surface area contributed by atoms with Gasteiger partial charge in [-0.3, -0.25) is 9.48 Å². The van der Waals surface area contributed by atoms with Crippen LogP contribution in [0.1, 0.15) is 57.6 Å². The Bertz CT molecular complexity index is 462. The van der Waals surface area contributed by atoms with Crippen molar-refractivity contribution in [3.8, 4) is 0 Å². The van der Waals surface area contributed by atoms with E-state index in [-0.39, 0.29) is 12.3 Å². The van der Waals surface area contributed by atoms with Crippen LogP contribution in [0.15, 0.2) is 6.07 Å². The monoisotopic (exact) mass is 279 g/mol. The highest BCUT2D eigenvalue weighted by atomic mass is 16.3. The SMILES string of the molecule is CCCc1cc(NC(=O)CC2(O)CCCCC2)n(C)n1. The molecule has 2 rings (SSSR count). The van der Waals surface area contributed by atoms with Crippen LogP contribution in [0.25, 0.3) is 0 Å². The fourth-order valence-electron chi connectivity index (χ4n) is 2.89. The molecule has 1 heterocycles. The highest BCUT2D eigenvalue weighted by Crippen LogP contribution is 2.31. The topological polar surface area (TPSA) is 67.2 Å². The van der Waals surface area contributed by atoms with Gasteiger partial charge in [-0.15, -0.1) is 0 Å². The molecule has 20 heavy (non-hydrogen) atoms. The number of aromatic nitrogens is 2. The zero-order chi connectivity index (χ0) is 14.6. The van der Waals surface area contributed by atoms with E-state index >= 15 is 0 Å². The van der Waals surface area contributed by atoms with E-state index in [1.54, 1.807) is 4.68 Å². The molecular formula is C15H25N3O2. The van der Waals surface area contributed by atoms with E-state index < -0.39 is 5.60 Å². The molecule has 0 radical (unpaired) electrons. The van der Waals surface area contributed by atoms with Crippen molar-refractivity contribution in [2.45, 2.75) is 63.9 Å². The molecule has 1 aromatic rings. The average molecular weight is 279 g/mol. The smallest absolute Gasteiger partial charge is 0.228 e. The summed E-state index contributed by atoms with van der Waals surface area (Å²) in [5.41, 5.74) is 0.175. The van der Waals surface area contributed by atoms with Crippen molar-refractivity contribution in [1.29, 1.82) is 0 Å². The molecule has 1 saturated carbocycles. The molecule has 5 nitrogen and oxygen atoms in total. The summed E-state index contributed by atoms with van der Waals surface area (Å²) in [6, 6.07) is 1.91. The van der Waals surface area contributed by atoms with Crippen LogP contribution in [-0.4, -0.2) is 26.4 Å². The Labute approximate surface area is 120 Å². The summed E-state index contributed by atoms with van der Waals surface area (Å²) in [6.07, 6.45) is 6.76. The van der Waals surface area contributed by atoms with Gasteiger partial charge in [0.05, 0.1) is 17.7 Å². The third kappa shape index (κ3) is 3.82. The largest absolute Gasteiger partial charge is 0.389 e. The van der Waals surface area contributed by atoms with E-state index in [4.69, 9.17) is 0 Å². The van der Waals surface area contributed by atoms with Gasteiger partial charge in [0.1, 0.15) is 5.82 Å². The second kappa shape index (κ2) is 6.39. The van der Waals surface area contributed by atoms with Crippen LogP contribution in [0.4, 0.5) is 5.82 Å². The van der Waals surface area contributed by atoms with Crippen LogP contribution in [0.2, 0.25) is 0 Å². The number of hydrogen-bond acceptors (Lipinski definition) is 3. The van der Waals surface area contributed by atoms with E-state index in [9.17, 15) is 9.90 Å². The van der Waals surface area contributed by atoms with Crippen LogP contribution >= 0.6 is 0 Å². The van der Waals surface area contributed by atoms with E-state index in [0.717, 1.165) is 50.6 Å². The summed E-state index contributed by atoms with van der Waals surface area (Å²) < 4.78 is 1.69. The lowest BCUT2D eigenvalue weighted by molar-refractivity contribution is -0.122. The lowest BCUT2D eigenvalue weighted by Crippen LogP contribution is -2.36. The van der Waals surface area contributed by atoms with Crippen LogP contribution in [0.3, 0.4) is 0 Å². The molecule has 0 aliphatic heterocycles. The highest BCUT2D eigenvalue weighted by Gasteiger charge is 2.31. The Balaban J connectivity index is 1.93. The van der Waals surface area contributed by atoms with Gasteiger partial charge < -0.3 is 10.4 Å². The molecule has 0 unspecified atom stereocenters. The lowest BCUT2D eigenvalue weighted by atomic mass is 9.82. The van der Waals surface area contributed by atoms with E-state index in [0.29, 0.717) is 5.82 Å². The minimum atomic E-state index is -0.812. The van der Waals surface area contributed by atoms with Gasteiger partial charge in [0, 0.05) is 13.1 Å². The Morgan fingerprint density at radius 1 is 1.45 bits per heavy atom. The van der Waals surface area contributed by atoms with Crippen LogP contribution in [-0.2, 0) is 18.3 Å². The molecule has 112 valence electrons. The first-order valence-corrected chi connectivity index (χ1v) is 7.57. The summed E-state index contributed by atoms with van der Waals surface area (Å²) in [4.78, 5) is 12.1. The van der Waals surface area contributed by atoms with E-state index in [1.165, 1.54) is 0 Å². The Hall–Kier alpha value is -1.36. The quantitative estimate of drug-likeness (QED) is 0.869. The third-order valence-corrected chi connectivity index (χ3v) is 3.98. The normalized spacial score (nSPS) is 17.9. The van der Waals surface area contributed by atoms with Crippen LogP contribution in [0.5, 0.6) is 0 Å². The van der Waals surface area contributed by atoms with Gasteiger partial charge in [-0.1, -0.05) is 32.6 Å². The first-order valence-electron chi connectivity index (χ1n) is 7.57. The number of aliphatic hydroxyl groups is 1. The minimum absolute atomic E-state index is 0.125.